The molecule has 152 valence electrons. The van der Waals surface area contributed by atoms with E-state index in [9.17, 15) is 14.9 Å². The van der Waals surface area contributed by atoms with Crippen LogP contribution in [0.2, 0.25) is 0 Å². The molecule has 4 aromatic rings. The molecule has 2 aromatic carbocycles. The molecular formula is C22H20N4O4. The van der Waals surface area contributed by atoms with E-state index >= 15 is 0 Å². The largest absolute Gasteiger partial charge is 0.473 e. The Morgan fingerprint density at radius 1 is 1.17 bits per heavy atom. The maximum atomic E-state index is 12.6. The number of aromatic nitrogens is 2. The summed E-state index contributed by atoms with van der Waals surface area (Å²) in [6, 6.07) is 16.8. The van der Waals surface area contributed by atoms with Gasteiger partial charge in [0.15, 0.2) is 6.10 Å². The first-order valence-electron chi connectivity index (χ1n) is 9.57. The van der Waals surface area contributed by atoms with Crippen LogP contribution in [0.4, 0.5) is 11.5 Å². The summed E-state index contributed by atoms with van der Waals surface area (Å²) in [6.45, 7) is 4.47. The number of para-hydroxylation sites is 1. The number of nitrogens with one attached hydrogen (secondary N) is 1. The van der Waals surface area contributed by atoms with Crippen LogP contribution in [0.25, 0.3) is 21.8 Å². The zero-order chi connectivity index (χ0) is 21.3. The minimum absolute atomic E-state index is 0.0494. The molecule has 2 heterocycles. The number of aryl methyl sites for hydroxylation is 1. The van der Waals surface area contributed by atoms with Crippen LogP contribution in [0, 0.1) is 10.1 Å². The van der Waals surface area contributed by atoms with Crippen molar-refractivity contribution in [2.45, 2.75) is 26.5 Å². The standard InChI is InChI=1S/C22H20N4O4/c1-3-25-18-8-5-4-7-16(18)17-13-15(10-11-19(17)25)24-22(27)14(2)30-20-9-6-12-23-21(20)26(28)29/h4-14H,3H2,1-2H3,(H,24,27). The third kappa shape index (κ3) is 3.43. The van der Waals surface area contributed by atoms with Gasteiger partial charge in [-0.2, -0.15) is 0 Å². The molecule has 0 radical (unpaired) electrons. The van der Waals surface area contributed by atoms with Gasteiger partial charge >= 0.3 is 5.82 Å². The third-order valence-corrected chi connectivity index (χ3v) is 4.95. The number of fused-ring (bicyclic) bond motifs is 3. The van der Waals surface area contributed by atoms with Gasteiger partial charge in [-0.1, -0.05) is 18.2 Å². The molecule has 8 nitrogen and oxygen atoms in total. The fraction of sp³-hybridized carbons (Fsp3) is 0.182. The molecule has 1 unspecified atom stereocenters. The van der Waals surface area contributed by atoms with E-state index in [-0.39, 0.29) is 5.75 Å². The highest BCUT2D eigenvalue weighted by molar-refractivity contribution is 6.10. The number of anilines is 1. The highest BCUT2D eigenvalue weighted by Crippen LogP contribution is 2.31. The number of ether oxygens (including phenoxy) is 1. The van der Waals surface area contributed by atoms with E-state index in [1.165, 1.54) is 25.3 Å². The van der Waals surface area contributed by atoms with Crippen LogP contribution in [0.5, 0.6) is 5.75 Å². The number of carbonyl (C=O) groups excluding carboxylic acids is 1. The zero-order valence-electron chi connectivity index (χ0n) is 16.5. The summed E-state index contributed by atoms with van der Waals surface area (Å²) >= 11 is 0. The van der Waals surface area contributed by atoms with Crippen molar-refractivity contribution in [3.63, 3.8) is 0 Å². The lowest BCUT2D eigenvalue weighted by atomic mass is 10.1. The summed E-state index contributed by atoms with van der Waals surface area (Å²) in [5, 5.41) is 16.1. The van der Waals surface area contributed by atoms with Crippen molar-refractivity contribution in [3.8, 4) is 5.75 Å². The summed E-state index contributed by atoms with van der Waals surface area (Å²) < 4.78 is 7.73. The van der Waals surface area contributed by atoms with Gasteiger partial charge in [0.25, 0.3) is 5.91 Å². The SMILES string of the molecule is CCn1c2ccccc2c2cc(NC(=O)C(C)Oc3cccnc3[N+](=O)[O-])ccc21. The number of pyridine rings is 1. The second kappa shape index (κ2) is 7.82. The normalized spacial score (nSPS) is 12.1. The zero-order valence-corrected chi connectivity index (χ0v) is 16.5. The molecule has 0 aliphatic carbocycles. The molecule has 0 spiro atoms. The van der Waals surface area contributed by atoms with E-state index in [2.05, 4.69) is 33.9 Å². The van der Waals surface area contributed by atoms with Crippen molar-refractivity contribution in [1.29, 1.82) is 0 Å². The molecular weight excluding hydrogens is 384 g/mol. The molecule has 0 saturated heterocycles. The van der Waals surface area contributed by atoms with Crippen LogP contribution in [-0.4, -0.2) is 26.5 Å². The van der Waals surface area contributed by atoms with Crippen LogP contribution in [0.15, 0.2) is 60.8 Å². The Morgan fingerprint density at radius 2 is 1.93 bits per heavy atom. The van der Waals surface area contributed by atoms with Gasteiger partial charge in [-0.3, -0.25) is 4.79 Å². The van der Waals surface area contributed by atoms with Gasteiger partial charge in [-0.25, -0.2) is 0 Å². The number of nitro groups is 1. The molecule has 0 bridgehead atoms. The van der Waals surface area contributed by atoms with Crippen LogP contribution >= 0.6 is 0 Å². The average molecular weight is 404 g/mol. The number of nitrogens with zero attached hydrogens (tertiary/aromatic N) is 3. The minimum Gasteiger partial charge on any atom is -0.473 e. The lowest BCUT2D eigenvalue weighted by Crippen LogP contribution is -2.30. The Morgan fingerprint density at radius 3 is 2.70 bits per heavy atom. The number of amides is 1. The number of hydrogen-bond donors (Lipinski definition) is 1. The lowest BCUT2D eigenvalue weighted by molar-refractivity contribution is -0.390. The predicted molar refractivity (Wildman–Crippen MR) is 115 cm³/mol. The molecule has 1 atom stereocenters. The van der Waals surface area contributed by atoms with Crippen LogP contribution in [0.3, 0.4) is 0 Å². The monoisotopic (exact) mass is 404 g/mol. The molecule has 1 amide bonds. The molecule has 4 rings (SSSR count). The predicted octanol–water partition coefficient (Wildman–Crippen LogP) is 4.52. The second-order valence-corrected chi connectivity index (χ2v) is 6.82. The van der Waals surface area contributed by atoms with E-state index in [0.29, 0.717) is 5.69 Å². The molecule has 0 saturated carbocycles. The number of hydrogen-bond acceptors (Lipinski definition) is 5. The van der Waals surface area contributed by atoms with Crippen LogP contribution in [0.1, 0.15) is 13.8 Å². The Hall–Kier alpha value is -3.94. The maximum Gasteiger partial charge on any atom is 0.406 e. The lowest BCUT2D eigenvalue weighted by Gasteiger charge is -2.14. The Bertz CT molecular complexity index is 1260. The van der Waals surface area contributed by atoms with E-state index in [1.807, 2.05) is 30.3 Å². The van der Waals surface area contributed by atoms with E-state index in [4.69, 9.17) is 4.74 Å². The van der Waals surface area contributed by atoms with Crippen molar-refractivity contribution in [2.75, 3.05) is 5.32 Å². The molecule has 2 aromatic heterocycles. The van der Waals surface area contributed by atoms with Gasteiger partial charge in [-0.05, 0) is 60.2 Å². The second-order valence-electron chi connectivity index (χ2n) is 6.82. The van der Waals surface area contributed by atoms with Crippen molar-refractivity contribution in [2.24, 2.45) is 0 Å². The van der Waals surface area contributed by atoms with Crippen molar-refractivity contribution in [1.82, 2.24) is 9.55 Å². The summed E-state index contributed by atoms with van der Waals surface area (Å²) in [5.41, 5.74) is 2.86. The molecule has 1 N–H and O–H groups in total. The first-order valence-corrected chi connectivity index (χ1v) is 9.57. The molecule has 30 heavy (non-hydrogen) atoms. The van der Waals surface area contributed by atoms with Crippen LogP contribution in [-0.2, 0) is 11.3 Å². The first kappa shape index (κ1) is 19.4. The van der Waals surface area contributed by atoms with Crippen molar-refractivity contribution < 1.29 is 14.5 Å². The average Bonchev–Trinajstić information content (AvgIpc) is 3.07. The van der Waals surface area contributed by atoms with Gasteiger partial charge in [0.05, 0.1) is 0 Å². The van der Waals surface area contributed by atoms with Gasteiger partial charge in [0, 0.05) is 34.0 Å². The minimum atomic E-state index is -0.944. The Kier molecular flexibility index (Phi) is 5.05. The Balaban J connectivity index is 1.59. The first-order chi connectivity index (χ1) is 14.5. The van der Waals surface area contributed by atoms with E-state index in [0.717, 1.165) is 28.4 Å². The van der Waals surface area contributed by atoms with Gasteiger partial charge < -0.3 is 24.7 Å². The highest BCUT2D eigenvalue weighted by atomic mass is 16.6. The maximum absolute atomic E-state index is 12.6. The fourth-order valence-electron chi connectivity index (χ4n) is 3.57. The fourth-order valence-corrected chi connectivity index (χ4v) is 3.57. The van der Waals surface area contributed by atoms with Crippen molar-refractivity contribution in [3.05, 3.63) is 70.9 Å². The van der Waals surface area contributed by atoms with Gasteiger partial charge in [0.2, 0.25) is 5.75 Å². The molecule has 0 aliphatic heterocycles. The molecule has 0 fully saturated rings. The Labute approximate surface area is 172 Å². The molecule has 8 heteroatoms. The number of rotatable bonds is 6. The van der Waals surface area contributed by atoms with E-state index < -0.39 is 22.8 Å². The van der Waals surface area contributed by atoms with Gasteiger partial charge in [0.1, 0.15) is 6.20 Å². The smallest absolute Gasteiger partial charge is 0.406 e. The highest BCUT2D eigenvalue weighted by Gasteiger charge is 2.22. The quantitative estimate of drug-likeness (QED) is 0.376. The van der Waals surface area contributed by atoms with Gasteiger partial charge in [-0.15, -0.1) is 0 Å². The summed E-state index contributed by atoms with van der Waals surface area (Å²) in [4.78, 5) is 26.8. The molecule has 0 aliphatic rings. The number of carbonyl (C=O) groups is 1. The summed E-state index contributed by atoms with van der Waals surface area (Å²) in [6.07, 6.45) is 0.359. The topological polar surface area (TPSA) is 99.3 Å². The third-order valence-electron chi connectivity index (χ3n) is 4.95. The summed E-state index contributed by atoms with van der Waals surface area (Å²) in [5.74, 6) is -0.885. The number of benzene rings is 2. The van der Waals surface area contributed by atoms with Crippen molar-refractivity contribution >= 4 is 39.2 Å². The van der Waals surface area contributed by atoms with E-state index in [1.54, 1.807) is 0 Å². The summed E-state index contributed by atoms with van der Waals surface area (Å²) in [7, 11) is 0. The van der Waals surface area contributed by atoms with Crippen LogP contribution < -0.4 is 10.1 Å².